The van der Waals surface area contributed by atoms with Gasteiger partial charge in [0.05, 0.1) is 18.7 Å². The van der Waals surface area contributed by atoms with Crippen LogP contribution in [-0.2, 0) is 29.5 Å². The van der Waals surface area contributed by atoms with Gasteiger partial charge in [0.15, 0.2) is 0 Å². The van der Waals surface area contributed by atoms with Crippen molar-refractivity contribution < 1.29 is 9.53 Å². The fourth-order valence-corrected chi connectivity index (χ4v) is 3.19. The summed E-state index contributed by atoms with van der Waals surface area (Å²) < 4.78 is 7.62. The third-order valence-electron chi connectivity index (χ3n) is 4.38. The van der Waals surface area contributed by atoms with E-state index in [4.69, 9.17) is 4.74 Å². The van der Waals surface area contributed by atoms with Crippen molar-refractivity contribution in [1.29, 1.82) is 0 Å². The van der Waals surface area contributed by atoms with Gasteiger partial charge in [-0.05, 0) is 32.1 Å². The normalized spacial score (nSPS) is 23.2. The molecule has 2 aliphatic heterocycles. The second kappa shape index (κ2) is 5.95. The Bertz CT molecular complexity index is 477. The Labute approximate surface area is 119 Å². The fourth-order valence-electron chi connectivity index (χ4n) is 3.19. The van der Waals surface area contributed by atoms with Crippen molar-refractivity contribution in [2.24, 2.45) is 7.05 Å². The molecule has 1 aromatic heterocycles. The fraction of sp³-hybridized carbons (Fsp3) is 0.733. The Morgan fingerprint density at radius 1 is 1.45 bits per heavy atom. The van der Waals surface area contributed by atoms with Gasteiger partial charge in [0.1, 0.15) is 0 Å². The first-order valence-electron chi connectivity index (χ1n) is 7.63. The Hall–Kier alpha value is -1.36. The van der Waals surface area contributed by atoms with Crippen LogP contribution in [0.2, 0.25) is 0 Å². The minimum Gasteiger partial charge on any atom is -0.378 e. The van der Waals surface area contributed by atoms with Crippen molar-refractivity contribution in [3.63, 3.8) is 0 Å². The summed E-state index contributed by atoms with van der Waals surface area (Å²) >= 11 is 0. The highest BCUT2D eigenvalue weighted by atomic mass is 16.5. The van der Waals surface area contributed by atoms with E-state index >= 15 is 0 Å². The minimum absolute atomic E-state index is 0.132. The Morgan fingerprint density at radius 3 is 3.15 bits per heavy atom. The molecular weight excluding hydrogens is 254 g/mol. The number of carbonyl (C=O) groups is 1. The topological polar surface area (TPSA) is 47.4 Å². The van der Waals surface area contributed by atoms with Crippen molar-refractivity contribution in [3.8, 4) is 0 Å². The van der Waals surface area contributed by atoms with Crippen LogP contribution in [0.15, 0.2) is 6.20 Å². The molecule has 2 aliphatic rings. The second-order valence-corrected chi connectivity index (χ2v) is 5.85. The maximum atomic E-state index is 12.5. The standard InChI is InChI=1S/C15H23N3O2/c1-17-14-6-4-7-18(11-12(14)10-16-17)15(19)9-13-5-2-3-8-20-13/h10,13H,2-9,11H2,1H3/t13-/m0/s1. The van der Waals surface area contributed by atoms with E-state index in [1.165, 1.54) is 17.7 Å². The number of ether oxygens (including phenoxy) is 1. The molecule has 3 heterocycles. The molecule has 1 aromatic rings. The summed E-state index contributed by atoms with van der Waals surface area (Å²) in [7, 11) is 1.98. The predicted octanol–water partition coefficient (Wildman–Crippen LogP) is 1.65. The molecule has 110 valence electrons. The Morgan fingerprint density at radius 2 is 2.35 bits per heavy atom. The summed E-state index contributed by atoms with van der Waals surface area (Å²) in [5.74, 6) is 0.230. The lowest BCUT2D eigenvalue weighted by Crippen LogP contribution is -2.34. The first-order chi connectivity index (χ1) is 9.74. The van der Waals surface area contributed by atoms with Crippen LogP contribution >= 0.6 is 0 Å². The molecule has 5 nitrogen and oxygen atoms in total. The molecule has 1 atom stereocenters. The number of fused-ring (bicyclic) bond motifs is 1. The molecular formula is C15H23N3O2. The van der Waals surface area contributed by atoms with Gasteiger partial charge in [0.2, 0.25) is 5.91 Å². The smallest absolute Gasteiger partial charge is 0.225 e. The third kappa shape index (κ3) is 2.87. The number of rotatable bonds is 2. The van der Waals surface area contributed by atoms with Crippen molar-refractivity contribution >= 4 is 5.91 Å². The number of aromatic nitrogens is 2. The van der Waals surface area contributed by atoms with Crippen LogP contribution in [0.4, 0.5) is 0 Å². The number of aryl methyl sites for hydroxylation is 1. The van der Waals surface area contributed by atoms with E-state index in [1.807, 2.05) is 22.8 Å². The number of hydrogen-bond acceptors (Lipinski definition) is 3. The van der Waals surface area contributed by atoms with Gasteiger partial charge < -0.3 is 9.64 Å². The van der Waals surface area contributed by atoms with Gasteiger partial charge in [-0.25, -0.2) is 0 Å². The van der Waals surface area contributed by atoms with E-state index in [2.05, 4.69) is 5.10 Å². The van der Waals surface area contributed by atoms with Crippen LogP contribution in [0.3, 0.4) is 0 Å². The molecule has 0 unspecified atom stereocenters. The van der Waals surface area contributed by atoms with Gasteiger partial charge in [-0.1, -0.05) is 0 Å². The number of amides is 1. The molecule has 0 spiro atoms. The van der Waals surface area contributed by atoms with E-state index in [-0.39, 0.29) is 12.0 Å². The lowest BCUT2D eigenvalue weighted by molar-refractivity contribution is -0.135. The summed E-state index contributed by atoms with van der Waals surface area (Å²) in [5.41, 5.74) is 2.47. The van der Waals surface area contributed by atoms with Crippen molar-refractivity contribution in [2.45, 2.75) is 51.2 Å². The van der Waals surface area contributed by atoms with Crippen molar-refractivity contribution in [2.75, 3.05) is 13.2 Å². The molecule has 0 saturated carbocycles. The zero-order chi connectivity index (χ0) is 13.9. The zero-order valence-corrected chi connectivity index (χ0v) is 12.2. The average Bonchev–Trinajstić information content (AvgIpc) is 2.69. The van der Waals surface area contributed by atoms with Crippen molar-refractivity contribution in [1.82, 2.24) is 14.7 Å². The van der Waals surface area contributed by atoms with E-state index in [9.17, 15) is 4.79 Å². The average molecular weight is 277 g/mol. The summed E-state index contributed by atoms with van der Waals surface area (Å²) in [4.78, 5) is 14.4. The van der Waals surface area contributed by atoms with E-state index in [1.54, 1.807) is 0 Å². The summed E-state index contributed by atoms with van der Waals surface area (Å²) in [6.07, 6.45) is 7.94. The first-order valence-corrected chi connectivity index (χ1v) is 7.63. The third-order valence-corrected chi connectivity index (χ3v) is 4.38. The lowest BCUT2D eigenvalue weighted by Gasteiger charge is -2.26. The molecule has 3 rings (SSSR count). The molecule has 1 amide bonds. The SMILES string of the molecule is Cn1ncc2c1CCCN(C(=O)C[C@@H]1CCCCO1)C2. The maximum Gasteiger partial charge on any atom is 0.225 e. The summed E-state index contributed by atoms with van der Waals surface area (Å²) in [6, 6.07) is 0. The second-order valence-electron chi connectivity index (χ2n) is 5.85. The quantitative estimate of drug-likeness (QED) is 0.826. The largest absolute Gasteiger partial charge is 0.378 e. The van der Waals surface area contributed by atoms with Gasteiger partial charge in [0.25, 0.3) is 0 Å². The van der Waals surface area contributed by atoms with Gasteiger partial charge in [-0.15, -0.1) is 0 Å². The minimum atomic E-state index is 0.132. The highest BCUT2D eigenvalue weighted by Gasteiger charge is 2.24. The van der Waals surface area contributed by atoms with Crippen LogP contribution in [-0.4, -0.2) is 39.8 Å². The highest BCUT2D eigenvalue weighted by molar-refractivity contribution is 5.76. The molecule has 1 fully saturated rings. The van der Waals surface area contributed by atoms with Gasteiger partial charge in [-0.3, -0.25) is 9.48 Å². The monoisotopic (exact) mass is 277 g/mol. The van der Waals surface area contributed by atoms with Gasteiger partial charge in [0, 0.05) is 38.0 Å². The van der Waals surface area contributed by atoms with Gasteiger partial charge >= 0.3 is 0 Å². The Kier molecular flexibility index (Phi) is 4.05. The highest BCUT2D eigenvalue weighted by Crippen LogP contribution is 2.21. The molecule has 5 heteroatoms. The van der Waals surface area contributed by atoms with Crippen LogP contribution in [0.25, 0.3) is 0 Å². The van der Waals surface area contributed by atoms with Crippen LogP contribution in [0, 0.1) is 0 Å². The van der Waals surface area contributed by atoms with Crippen LogP contribution in [0.5, 0.6) is 0 Å². The molecule has 0 bridgehead atoms. The van der Waals surface area contributed by atoms with E-state index in [0.717, 1.165) is 38.8 Å². The molecule has 0 aliphatic carbocycles. The Balaban J connectivity index is 1.63. The first kappa shape index (κ1) is 13.6. The summed E-state index contributed by atoms with van der Waals surface area (Å²) in [5, 5.41) is 4.30. The molecule has 0 N–H and O–H groups in total. The predicted molar refractivity (Wildman–Crippen MR) is 75.2 cm³/mol. The summed E-state index contributed by atoms with van der Waals surface area (Å²) in [6.45, 7) is 2.36. The van der Waals surface area contributed by atoms with E-state index in [0.29, 0.717) is 13.0 Å². The van der Waals surface area contributed by atoms with Crippen LogP contribution < -0.4 is 0 Å². The molecule has 0 radical (unpaired) electrons. The van der Waals surface area contributed by atoms with Crippen LogP contribution in [0.1, 0.15) is 43.4 Å². The molecule has 1 saturated heterocycles. The zero-order valence-electron chi connectivity index (χ0n) is 12.2. The lowest BCUT2D eigenvalue weighted by atomic mass is 10.1. The maximum absolute atomic E-state index is 12.5. The number of hydrogen-bond donors (Lipinski definition) is 0. The molecule has 20 heavy (non-hydrogen) atoms. The van der Waals surface area contributed by atoms with Gasteiger partial charge in [-0.2, -0.15) is 5.10 Å². The number of carbonyl (C=O) groups excluding carboxylic acids is 1. The van der Waals surface area contributed by atoms with Crippen molar-refractivity contribution in [3.05, 3.63) is 17.5 Å². The van der Waals surface area contributed by atoms with E-state index < -0.39 is 0 Å². The number of nitrogens with zero attached hydrogens (tertiary/aromatic N) is 3. The molecule has 0 aromatic carbocycles.